The lowest BCUT2D eigenvalue weighted by Gasteiger charge is -2.22. The first kappa shape index (κ1) is 16.1. The molecule has 2 heterocycles. The molecule has 1 saturated heterocycles. The number of halogens is 1. The van der Waals surface area contributed by atoms with Crippen LogP contribution in [0.15, 0.2) is 18.2 Å². The summed E-state index contributed by atoms with van der Waals surface area (Å²) in [5.41, 5.74) is 3.39. The van der Waals surface area contributed by atoms with Crippen LogP contribution >= 0.6 is 12.4 Å². The van der Waals surface area contributed by atoms with Crippen LogP contribution in [0.2, 0.25) is 0 Å². The van der Waals surface area contributed by atoms with Gasteiger partial charge in [0.2, 0.25) is 5.91 Å². The summed E-state index contributed by atoms with van der Waals surface area (Å²) in [5, 5.41) is 6.37. The molecule has 4 nitrogen and oxygen atoms in total. The molecular weight excluding hydrogens is 288 g/mol. The number of amides is 1. The lowest BCUT2D eigenvalue weighted by Crippen LogP contribution is -2.25. The summed E-state index contributed by atoms with van der Waals surface area (Å²) < 4.78 is 5.61. The summed E-state index contributed by atoms with van der Waals surface area (Å²) in [5.74, 6) is 0.0561. The number of fused-ring (bicyclic) bond motifs is 1. The highest BCUT2D eigenvalue weighted by atomic mass is 35.5. The van der Waals surface area contributed by atoms with Gasteiger partial charge in [-0.2, -0.15) is 0 Å². The molecule has 0 aromatic heterocycles. The molecule has 2 N–H and O–H groups in total. The van der Waals surface area contributed by atoms with E-state index >= 15 is 0 Å². The Labute approximate surface area is 132 Å². The van der Waals surface area contributed by atoms with Crippen molar-refractivity contribution in [1.82, 2.24) is 0 Å². The second-order valence-electron chi connectivity index (χ2n) is 5.64. The summed E-state index contributed by atoms with van der Waals surface area (Å²) in [7, 11) is 0. The SMILES string of the molecule is Cl.O=C(CC1CCCCO1)Nc1ccc2c(c1)CCCN2. The second-order valence-corrected chi connectivity index (χ2v) is 5.64. The molecule has 116 valence electrons. The molecule has 1 aromatic carbocycles. The monoisotopic (exact) mass is 310 g/mol. The number of ether oxygens (including phenoxy) is 1. The van der Waals surface area contributed by atoms with Crippen LogP contribution in [0.1, 0.15) is 37.7 Å². The van der Waals surface area contributed by atoms with Gasteiger partial charge in [-0.3, -0.25) is 4.79 Å². The van der Waals surface area contributed by atoms with Crippen molar-refractivity contribution in [3.8, 4) is 0 Å². The van der Waals surface area contributed by atoms with Gasteiger partial charge in [0.25, 0.3) is 0 Å². The van der Waals surface area contributed by atoms with E-state index in [-0.39, 0.29) is 24.4 Å². The van der Waals surface area contributed by atoms with Gasteiger partial charge in [0.1, 0.15) is 0 Å². The first-order valence-electron chi connectivity index (χ1n) is 7.59. The van der Waals surface area contributed by atoms with Gasteiger partial charge in [-0.1, -0.05) is 0 Å². The molecule has 1 unspecified atom stereocenters. The summed E-state index contributed by atoms with van der Waals surface area (Å²) in [6.07, 6.45) is 6.09. The van der Waals surface area contributed by atoms with Crippen LogP contribution in [0.3, 0.4) is 0 Å². The molecule has 21 heavy (non-hydrogen) atoms. The number of nitrogens with one attached hydrogen (secondary N) is 2. The zero-order chi connectivity index (χ0) is 13.8. The van der Waals surface area contributed by atoms with Crippen molar-refractivity contribution in [3.63, 3.8) is 0 Å². The highest BCUT2D eigenvalue weighted by Crippen LogP contribution is 2.25. The third-order valence-electron chi connectivity index (χ3n) is 4.01. The second kappa shape index (κ2) is 7.66. The number of carbonyl (C=O) groups is 1. The van der Waals surface area contributed by atoms with E-state index in [1.54, 1.807) is 0 Å². The molecule has 2 aliphatic heterocycles. The van der Waals surface area contributed by atoms with Crippen molar-refractivity contribution in [1.29, 1.82) is 0 Å². The number of aryl methyl sites for hydroxylation is 1. The zero-order valence-electron chi connectivity index (χ0n) is 12.2. The van der Waals surface area contributed by atoms with Crippen molar-refractivity contribution < 1.29 is 9.53 Å². The molecule has 0 bridgehead atoms. The molecule has 1 atom stereocenters. The topological polar surface area (TPSA) is 50.4 Å². The van der Waals surface area contributed by atoms with Crippen molar-refractivity contribution in [2.75, 3.05) is 23.8 Å². The third kappa shape index (κ3) is 4.35. The van der Waals surface area contributed by atoms with Crippen LogP contribution < -0.4 is 10.6 Å². The van der Waals surface area contributed by atoms with Crippen LogP contribution in [-0.2, 0) is 16.0 Å². The molecule has 1 fully saturated rings. The van der Waals surface area contributed by atoms with Crippen LogP contribution in [0.25, 0.3) is 0 Å². The lowest BCUT2D eigenvalue weighted by molar-refractivity contribution is -0.119. The number of carbonyl (C=O) groups excluding carboxylic acids is 1. The zero-order valence-corrected chi connectivity index (χ0v) is 13.0. The minimum Gasteiger partial charge on any atom is -0.385 e. The smallest absolute Gasteiger partial charge is 0.226 e. The summed E-state index contributed by atoms with van der Waals surface area (Å²) in [6, 6.07) is 6.11. The molecule has 1 aromatic rings. The van der Waals surface area contributed by atoms with E-state index < -0.39 is 0 Å². The molecule has 0 aliphatic carbocycles. The van der Waals surface area contributed by atoms with E-state index in [2.05, 4.69) is 22.8 Å². The van der Waals surface area contributed by atoms with Gasteiger partial charge in [0.05, 0.1) is 12.5 Å². The van der Waals surface area contributed by atoms with Crippen LogP contribution in [0, 0.1) is 0 Å². The Balaban J connectivity index is 0.00000161. The van der Waals surface area contributed by atoms with Crippen LogP contribution in [-0.4, -0.2) is 25.2 Å². The number of hydrogen-bond acceptors (Lipinski definition) is 3. The molecule has 2 aliphatic rings. The van der Waals surface area contributed by atoms with Crippen LogP contribution in [0.4, 0.5) is 11.4 Å². The van der Waals surface area contributed by atoms with Crippen molar-refractivity contribution >= 4 is 29.7 Å². The Morgan fingerprint density at radius 2 is 2.24 bits per heavy atom. The predicted octanol–water partition coefficient (Wildman–Crippen LogP) is 3.36. The maximum atomic E-state index is 12.0. The number of benzene rings is 1. The Morgan fingerprint density at radius 3 is 3.05 bits per heavy atom. The minimum absolute atomic E-state index is 0. The summed E-state index contributed by atoms with van der Waals surface area (Å²) in [6.45, 7) is 1.83. The first-order valence-corrected chi connectivity index (χ1v) is 7.59. The fourth-order valence-corrected chi connectivity index (χ4v) is 2.94. The van der Waals surface area contributed by atoms with E-state index in [9.17, 15) is 4.79 Å². The van der Waals surface area contributed by atoms with Gasteiger partial charge >= 0.3 is 0 Å². The highest BCUT2D eigenvalue weighted by molar-refractivity contribution is 5.91. The van der Waals surface area contributed by atoms with Gasteiger partial charge in [-0.05, 0) is 55.9 Å². The average Bonchev–Trinajstić information content (AvgIpc) is 2.48. The molecule has 5 heteroatoms. The van der Waals surface area contributed by atoms with Crippen molar-refractivity contribution in [3.05, 3.63) is 23.8 Å². The van der Waals surface area contributed by atoms with Crippen molar-refractivity contribution in [2.24, 2.45) is 0 Å². The Morgan fingerprint density at radius 1 is 1.33 bits per heavy atom. The molecular formula is C16H23ClN2O2. The largest absolute Gasteiger partial charge is 0.385 e. The van der Waals surface area contributed by atoms with Crippen molar-refractivity contribution in [2.45, 2.75) is 44.6 Å². The Bertz CT molecular complexity index is 487. The maximum absolute atomic E-state index is 12.0. The fourth-order valence-electron chi connectivity index (χ4n) is 2.94. The quantitative estimate of drug-likeness (QED) is 0.900. The van der Waals surface area contributed by atoms with Crippen LogP contribution in [0.5, 0.6) is 0 Å². The number of rotatable bonds is 3. The van der Waals surface area contributed by atoms with E-state index in [1.165, 1.54) is 17.7 Å². The van der Waals surface area contributed by atoms with E-state index in [0.717, 1.165) is 44.5 Å². The fraction of sp³-hybridized carbons (Fsp3) is 0.562. The molecule has 0 spiro atoms. The maximum Gasteiger partial charge on any atom is 0.226 e. The number of anilines is 2. The Hall–Kier alpha value is -1.26. The highest BCUT2D eigenvalue weighted by Gasteiger charge is 2.18. The summed E-state index contributed by atoms with van der Waals surface area (Å²) >= 11 is 0. The van der Waals surface area contributed by atoms with E-state index in [1.807, 2.05) is 6.07 Å². The Kier molecular flexibility index (Phi) is 5.88. The lowest BCUT2D eigenvalue weighted by atomic mass is 10.0. The van der Waals surface area contributed by atoms with Gasteiger partial charge in [0.15, 0.2) is 0 Å². The first-order chi connectivity index (χ1) is 9.81. The summed E-state index contributed by atoms with van der Waals surface area (Å²) in [4.78, 5) is 12.0. The normalized spacial score (nSPS) is 20.7. The standard InChI is InChI=1S/C16H22N2O2.ClH/c19-16(11-14-5-1-2-9-20-14)18-13-6-7-15-12(10-13)4-3-8-17-15;/h6-7,10,14,17H,1-5,8-9,11H2,(H,18,19);1H. The van der Waals surface area contributed by atoms with E-state index in [4.69, 9.17) is 4.74 Å². The minimum atomic E-state index is 0. The van der Waals surface area contributed by atoms with Gasteiger partial charge in [0, 0.05) is 24.5 Å². The molecule has 3 rings (SSSR count). The third-order valence-corrected chi connectivity index (χ3v) is 4.01. The molecule has 0 saturated carbocycles. The average molecular weight is 311 g/mol. The van der Waals surface area contributed by atoms with E-state index in [0.29, 0.717) is 6.42 Å². The predicted molar refractivity (Wildman–Crippen MR) is 87.3 cm³/mol. The number of hydrogen-bond donors (Lipinski definition) is 2. The molecule has 1 amide bonds. The van der Waals surface area contributed by atoms with Gasteiger partial charge in [-0.25, -0.2) is 0 Å². The van der Waals surface area contributed by atoms with Gasteiger partial charge < -0.3 is 15.4 Å². The van der Waals surface area contributed by atoms with Gasteiger partial charge in [-0.15, -0.1) is 12.4 Å². The molecule has 0 radical (unpaired) electrons.